The van der Waals surface area contributed by atoms with Crippen molar-refractivity contribution >= 4 is 92.6 Å². The van der Waals surface area contributed by atoms with Gasteiger partial charge in [-0.1, -0.05) is 41.9 Å². The molecule has 0 atom stereocenters. The Balaban J connectivity index is 0.000000174. The zero-order chi connectivity index (χ0) is 98.0. The molecule has 0 radical (unpaired) electrons. The number of amides is 4. The quantitative estimate of drug-likeness (QED) is 0.0345. The molecule has 33 nitrogen and oxygen atoms in total. The molecule has 0 bridgehead atoms. The largest absolute Gasteiger partial charge is 0.459 e. The van der Waals surface area contributed by atoms with Crippen LogP contribution in [0.5, 0.6) is 46.0 Å². The molecular formula is C96H102ClN15O18S5. The number of hydrogen-bond acceptors (Lipinski definition) is 23. The third-order valence-electron chi connectivity index (χ3n) is 22.1. The number of non-ortho nitro benzene ring substituents is 1. The fraction of sp³-hybridized carbons (Fsp3) is 0.312. The lowest BCUT2D eigenvalue weighted by Gasteiger charge is -2.37. The highest BCUT2D eigenvalue weighted by molar-refractivity contribution is 7.90. The number of piperazine rings is 4. The summed E-state index contributed by atoms with van der Waals surface area (Å²) in [5.74, 6) is 2.26. The van der Waals surface area contributed by atoms with E-state index >= 15 is 0 Å². The maximum Gasteiger partial charge on any atom is 0.320 e. The normalized spacial score (nSPS) is 14.5. The van der Waals surface area contributed by atoms with Crippen molar-refractivity contribution in [3.8, 4) is 70.3 Å². The van der Waals surface area contributed by atoms with Crippen LogP contribution in [0.25, 0.3) is 0 Å². The summed E-state index contributed by atoms with van der Waals surface area (Å²) in [5.41, 5.74) is 8.27. The number of furan rings is 1. The van der Waals surface area contributed by atoms with Gasteiger partial charge in [-0.15, -0.1) is 0 Å². The van der Waals surface area contributed by atoms with Gasteiger partial charge in [-0.3, -0.25) is 19.7 Å². The number of carbonyl (C=O) groups is 3. The third kappa shape index (κ3) is 26.0. The maximum absolute atomic E-state index is 13.6. The predicted octanol–water partition coefficient (Wildman–Crippen LogP) is 14.9. The molecule has 135 heavy (non-hydrogen) atoms. The number of rotatable bonds is 22. The number of aryl methyl sites for hydroxylation is 7. The van der Waals surface area contributed by atoms with Gasteiger partial charge >= 0.3 is 6.03 Å². The first kappa shape index (κ1) is 102. The smallest absolute Gasteiger partial charge is 0.320 e. The molecule has 4 aliphatic heterocycles. The first-order valence-electron chi connectivity index (χ1n) is 42.9. The standard InChI is InChI=1S/C27H26N4O6S.C24H30N4O4S.C23H20ClN3O5S.C22H26N4O3S2/c1-19-13-20(2)15-24(14-19)37-25-8-5-22(18-28)16-26(25)38(35,36)30-11-9-29(10-12-30)27(32)17-21-3-6-23(7-4-21)31(33)34;1-5-26(6-2)24(29)27-9-11-28(12-10-27)33(30,31)23-16-20(17-25)7-8-22(23)32-21-14-18(3)13-19(4)15-21;1-16-11-18(24)14-19(12-16)32-20-5-4-17(15-25)13-22(20)33(29,30)27-8-6-26(7-9-27)23(28)21-3-2-10-31-21;1-16-11-17(2)13-19(12-16)29-20-6-5-18(15-23)14-21(20)31(27,28)26-9-7-25(8-10-26)22(30)24(3)4/h3-8,13-16H,9-12,17H2,1-2H3;7-8,13-16H,5-6,9-12H2,1-4H3;2-5,10-14H,6-9H2,1H3;5-6,11-14H,7-10H2,1-4H3. The Morgan fingerprint density at radius 1 is 0.422 bits per heavy atom. The van der Waals surface area contributed by atoms with E-state index in [1.165, 1.54) is 108 Å². The number of benzene rings is 9. The highest BCUT2D eigenvalue weighted by atomic mass is 35.5. The van der Waals surface area contributed by atoms with Crippen LogP contribution in [0.3, 0.4) is 0 Å². The summed E-state index contributed by atoms with van der Waals surface area (Å²) in [5, 5.41) is 49.3. The van der Waals surface area contributed by atoms with E-state index in [0.717, 1.165) is 38.9 Å². The average Bonchev–Trinajstić information content (AvgIpc) is 1.02. The minimum atomic E-state index is -4.03. The van der Waals surface area contributed by atoms with Crippen LogP contribution in [-0.2, 0) is 51.3 Å². The van der Waals surface area contributed by atoms with Crippen LogP contribution in [0.15, 0.2) is 212 Å². The van der Waals surface area contributed by atoms with Gasteiger partial charge in [0, 0.05) is 149 Å². The number of nitrogens with zero attached hydrogens (tertiary/aromatic N) is 15. The number of halogens is 1. The van der Waals surface area contributed by atoms with Crippen molar-refractivity contribution in [2.75, 3.05) is 132 Å². The molecule has 1 aromatic heterocycles. The van der Waals surface area contributed by atoms with Crippen LogP contribution in [0, 0.1) is 104 Å². The SMILES string of the molecule is CCN(CC)C(=O)N1CCN(S(=O)(=O)c2cc(C#N)ccc2Oc2cc(C)cc(C)c2)CC1.Cc1cc(C)cc(Oc2ccc(C#N)cc2S(=O)(=O)N2CCN(C(=O)Cc3ccc([N+](=O)[O-])cc3)CC2)c1.Cc1cc(C)cc(Oc2ccc(C#N)cc2S(=O)(=O)N2CCN(C(=S)N(C)C)CC2)c1.Cc1cc(Cl)cc(Oc2ccc(C#N)cc2S(=O)(=O)N2CCN(C(=O)c3ccco3)CC2)c1. The molecule has 9 aromatic carbocycles. The minimum absolute atomic E-state index is 0.00524. The summed E-state index contributed by atoms with van der Waals surface area (Å²) in [4.78, 5) is 58.2. The summed E-state index contributed by atoms with van der Waals surface area (Å²) < 4.78 is 143. The Kier molecular flexibility index (Phi) is 34.1. The van der Waals surface area contributed by atoms with Crippen molar-refractivity contribution < 1.29 is 76.3 Å². The monoisotopic (exact) mass is 1950 g/mol. The van der Waals surface area contributed by atoms with E-state index in [1.54, 1.807) is 74.2 Å². The summed E-state index contributed by atoms with van der Waals surface area (Å²) in [6, 6.07) is 56.3. The number of nitriles is 4. The number of nitro benzene ring substituents is 1. The second-order valence-corrected chi connectivity index (χ2v) is 40.8. The number of hydrogen-bond donors (Lipinski definition) is 0. The van der Waals surface area contributed by atoms with Crippen molar-refractivity contribution in [2.24, 2.45) is 0 Å². The Morgan fingerprint density at radius 2 is 0.726 bits per heavy atom. The van der Waals surface area contributed by atoms with Gasteiger partial charge in [-0.05, 0) is 259 Å². The van der Waals surface area contributed by atoms with E-state index in [9.17, 15) is 79.2 Å². The van der Waals surface area contributed by atoms with Gasteiger partial charge in [-0.25, -0.2) is 38.5 Å². The maximum atomic E-state index is 13.6. The molecule has 0 spiro atoms. The highest BCUT2D eigenvalue weighted by Gasteiger charge is 2.39. The predicted molar refractivity (Wildman–Crippen MR) is 510 cm³/mol. The molecule has 0 unspecified atom stereocenters. The number of urea groups is 1. The van der Waals surface area contributed by atoms with E-state index in [1.807, 2.05) is 153 Å². The van der Waals surface area contributed by atoms with E-state index in [0.29, 0.717) is 91.1 Å². The Hall–Kier alpha value is -13.4. The zero-order valence-electron chi connectivity index (χ0n) is 76.3. The number of thiocarbonyl (C=S) groups is 1. The molecule has 4 amide bonds. The van der Waals surface area contributed by atoms with E-state index in [2.05, 4.69) is 0 Å². The molecule has 5 heterocycles. The second-order valence-electron chi connectivity index (χ2n) is 32.4. The molecule has 706 valence electrons. The Morgan fingerprint density at radius 3 is 1.01 bits per heavy atom. The minimum Gasteiger partial charge on any atom is -0.459 e. The van der Waals surface area contributed by atoms with Gasteiger partial charge < -0.3 is 52.8 Å². The molecule has 0 N–H and O–H groups in total. The lowest BCUT2D eigenvalue weighted by Crippen LogP contribution is -2.53. The lowest BCUT2D eigenvalue weighted by molar-refractivity contribution is -0.384. The van der Waals surface area contributed by atoms with Crippen molar-refractivity contribution in [1.82, 2.24) is 46.6 Å². The molecule has 4 saturated heterocycles. The summed E-state index contributed by atoms with van der Waals surface area (Å²) in [7, 11) is -12.1. The van der Waals surface area contributed by atoms with Crippen LogP contribution in [0.1, 0.15) is 91.2 Å². The summed E-state index contributed by atoms with van der Waals surface area (Å²) in [6.07, 6.45) is 1.47. The van der Waals surface area contributed by atoms with Gasteiger partial charge in [0.2, 0.25) is 46.0 Å². The molecule has 4 fully saturated rings. The summed E-state index contributed by atoms with van der Waals surface area (Å²) >= 11 is 11.5. The van der Waals surface area contributed by atoms with Crippen LogP contribution in [0.4, 0.5) is 10.5 Å². The van der Waals surface area contributed by atoms with Gasteiger partial charge in [0.25, 0.3) is 11.6 Å². The lowest BCUT2D eigenvalue weighted by atomic mass is 10.1. The van der Waals surface area contributed by atoms with E-state index in [-0.39, 0.29) is 166 Å². The molecule has 0 aliphatic carbocycles. The number of ether oxygens (including phenoxy) is 4. The molecule has 4 aliphatic rings. The van der Waals surface area contributed by atoms with Crippen molar-refractivity contribution in [2.45, 2.75) is 88.3 Å². The van der Waals surface area contributed by atoms with Gasteiger partial charge in [0.1, 0.15) is 65.6 Å². The van der Waals surface area contributed by atoms with Gasteiger partial charge in [-0.2, -0.15) is 38.3 Å². The third-order valence-corrected chi connectivity index (χ3v) is 30.6. The van der Waals surface area contributed by atoms with Crippen molar-refractivity contribution in [1.29, 1.82) is 21.0 Å². The first-order chi connectivity index (χ1) is 64.1. The Bertz CT molecular complexity index is 6670. The number of nitro groups is 1. The van der Waals surface area contributed by atoms with Crippen LogP contribution in [-0.4, -0.2) is 240 Å². The van der Waals surface area contributed by atoms with Crippen LogP contribution < -0.4 is 18.9 Å². The first-order valence-corrected chi connectivity index (χ1v) is 49.4. The molecule has 39 heteroatoms. The van der Waals surface area contributed by atoms with Crippen LogP contribution >= 0.6 is 23.8 Å². The van der Waals surface area contributed by atoms with Gasteiger partial charge in [0.05, 0.1) is 64.1 Å². The average molecular weight is 1950 g/mol. The molecular weight excluding hydrogens is 1850 g/mol. The summed E-state index contributed by atoms with van der Waals surface area (Å²) in [6.45, 7) is 22.2. The van der Waals surface area contributed by atoms with Crippen molar-refractivity contribution in [3.63, 3.8) is 0 Å². The zero-order valence-corrected chi connectivity index (χ0v) is 81.1. The fourth-order valence-corrected chi connectivity index (χ4v) is 22.1. The topological polar surface area (TPSA) is 409 Å². The molecule has 0 saturated carbocycles. The number of carbonyl (C=O) groups excluding carboxylic acids is 3. The van der Waals surface area contributed by atoms with E-state index in [4.69, 9.17) is 47.2 Å². The Labute approximate surface area is 797 Å². The molecule has 10 aromatic rings. The van der Waals surface area contributed by atoms with Crippen molar-refractivity contribution in [3.05, 3.63) is 276 Å². The van der Waals surface area contributed by atoms with Crippen LogP contribution in [0.2, 0.25) is 5.02 Å². The van der Waals surface area contributed by atoms with Gasteiger partial charge in [0.15, 0.2) is 10.9 Å². The molecule has 14 rings (SSSR count). The fourth-order valence-electron chi connectivity index (χ4n) is 15.4. The van der Waals surface area contributed by atoms with E-state index < -0.39 is 45.0 Å². The number of sulfonamides is 4. The highest BCUT2D eigenvalue weighted by Crippen LogP contribution is 2.40. The second kappa shape index (κ2) is 45.1.